The molecule has 0 atom stereocenters. The highest BCUT2D eigenvalue weighted by Crippen LogP contribution is 2.47. The summed E-state index contributed by atoms with van der Waals surface area (Å²) in [5.74, 6) is 0.483. The number of hydrogen-bond donors (Lipinski definition) is 0. The monoisotopic (exact) mass is 292 g/mol. The van der Waals surface area contributed by atoms with Gasteiger partial charge in [0.25, 0.3) is 0 Å². The molecule has 0 saturated heterocycles. The van der Waals surface area contributed by atoms with Crippen LogP contribution < -0.4 is 0 Å². The lowest BCUT2D eigenvalue weighted by Crippen LogP contribution is -2.42. The maximum atomic E-state index is 12.5. The van der Waals surface area contributed by atoms with Crippen LogP contribution in [0.15, 0.2) is 22.7 Å². The third-order valence-corrected chi connectivity index (χ3v) is 5.10. The summed E-state index contributed by atoms with van der Waals surface area (Å²) in [6.45, 7) is 0. The van der Waals surface area contributed by atoms with Crippen molar-refractivity contribution in [2.24, 2.45) is 0 Å². The quantitative estimate of drug-likeness (QED) is 0.701. The van der Waals surface area contributed by atoms with Crippen LogP contribution in [-0.2, 0) is 16.6 Å². The molecule has 2 aliphatic carbocycles. The van der Waals surface area contributed by atoms with E-state index in [1.807, 2.05) is 0 Å². The number of carbonyl (C=O) groups is 1. The molecule has 2 heteroatoms. The van der Waals surface area contributed by atoms with Gasteiger partial charge in [-0.25, -0.2) is 0 Å². The van der Waals surface area contributed by atoms with Gasteiger partial charge in [0.05, 0.1) is 5.41 Å². The standard InChI is InChI=1S/C15H17BrO/c16-12-6-4-5-11-7-8-13(17)15(14(11)12)9-2-1-3-10-15/h4-6H,1-3,7-10H2. The van der Waals surface area contributed by atoms with Gasteiger partial charge in [-0.1, -0.05) is 47.3 Å². The third kappa shape index (κ3) is 1.69. The molecular weight excluding hydrogens is 276 g/mol. The van der Waals surface area contributed by atoms with E-state index in [1.54, 1.807) is 0 Å². The third-order valence-electron chi connectivity index (χ3n) is 4.44. The molecule has 0 unspecified atom stereocenters. The predicted octanol–water partition coefficient (Wildman–Crippen LogP) is 4.17. The van der Waals surface area contributed by atoms with E-state index in [2.05, 4.69) is 34.1 Å². The Labute approximate surface area is 111 Å². The van der Waals surface area contributed by atoms with E-state index < -0.39 is 0 Å². The van der Waals surface area contributed by atoms with Crippen LogP contribution in [0.2, 0.25) is 0 Å². The molecule has 0 radical (unpaired) electrons. The number of Topliss-reactive ketones (excluding diaryl/α,β-unsaturated/α-hetero) is 1. The second-order valence-corrected chi connectivity index (χ2v) is 6.19. The molecule has 1 spiro atoms. The van der Waals surface area contributed by atoms with Crippen LogP contribution in [0.4, 0.5) is 0 Å². The Balaban J connectivity index is 2.18. The van der Waals surface area contributed by atoms with E-state index in [1.165, 1.54) is 30.4 Å². The van der Waals surface area contributed by atoms with Crippen LogP contribution in [0.3, 0.4) is 0 Å². The summed E-state index contributed by atoms with van der Waals surface area (Å²) in [5, 5.41) is 0. The van der Waals surface area contributed by atoms with Crippen molar-refractivity contribution in [3.05, 3.63) is 33.8 Å². The highest BCUT2D eigenvalue weighted by atomic mass is 79.9. The Morgan fingerprint density at radius 1 is 1.06 bits per heavy atom. The zero-order chi connectivity index (χ0) is 11.9. The van der Waals surface area contributed by atoms with Gasteiger partial charge in [0.15, 0.2) is 0 Å². The fourth-order valence-electron chi connectivity index (χ4n) is 3.62. The molecule has 3 rings (SSSR count). The number of fused-ring (bicyclic) bond motifs is 2. The maximum absolute atomic E-state index is 12.5. The molecule has 0 aliphatic heterocycles. The number of aryl methyl sites for hydroxylation is 1. The van der Waals surface area contributed by atoms with E-state index in [0.717, 1.165) is 30.2 Å². The maximum Gasteiger partial charge on any atom is 0.143 e. The number of carbonyl (C=O) groups excluding carboxylic acids is 1. The number of halogens is 1. The van der Waals surface area contributed by atoms with Crippen molar-refractivity contribution in [3.63, 3.8) is 0 Å². The molecular formula is C15H17BrO. The molecule has 1 fully saturated rings. The van der Waals surface area contributed by atoms with E-state index in [-0.39, 0.29) is 5.41 Å². The van der Waals surface area contributed by atoms with Gasteiger partial charge in [0.2, 0.25) is 0 Å². The molecule has 0 amide bonds. The SMILES string of the molecule is O=C1CCc2cccc(Br)c2C12CCCCC2. The molecule has 0 heterocycles. The molecule has 1 aromatic carbocycles. The van der Waals surface area contributed by atoms with Gasteiger partial charge < -0.3 is 0 Å². The van der Waals surface area contributed by atoms with Crippen molar-refractivity contribution in [3.8, 4) is 0 Å². The van der Waals surface area contributed by atoms with Crippen LogP contribution in [0, 0.1) is 0 Å². The first kappa shape index (κ1) is 11.5. The minimum atomic E-state index is -0.147. The Kier molecular flexibility index (Phi) is 2.86. The van der Waals surface area contributed by atoms with Crippen molar-refractivity contribution >= 4 is 21.7 Å². The molecule has 1 saturated carbocycles. The summed E-state index contributed by atoms with van der Waals surface area (Å²) in [7, 11) is 0. The lowest BCUT2D eigenvalue weighted by molar-refractivity contribution is -0.126. The highest BCUT2D eigenvalue weighted by molar-refractivity contribution is 9.10. The largest absolute Gasteiger partial charge is 0.299 e. The first-order chi connectivity index (χ1) is 8.24. The first-order valence-electron chi connectivity index (χ1n) is 6.55. The molecule has 0 N–H and O–H groups in total. The first-order valence-corrected chi connectivity index (χ1v) is 7.34. The van der Waals surface area contributed by atoms with E-state index in [4.69, 9.17) is 0 Å². The summed E-state index contributed by atoms with van der Waals surface area (Å²) < 4.78 is 1.14. The zero-order valence-electron chi connectivity index (χ0n) is 9.97. The summed E-state index contributed by atoms with van der Waals surface area (Å²) in [4.78, 5) is 12.5. The fourth-order valence-corrected chi connectivity index (χ4v) is 4.41. The van der Waals surface area contributed by atoms with Crippen molar-refractivity contribution < 1.29 is 4.79 Å². The second kappa shape index (κ2) is 4.24. The van der Waals surface area contributed by atoms with Crippen LogP contribution in [0.5, 0.6) is 0 Å². The van der Waals surface area contributed by atoms with Gasteiger partial charge in [-0.3, -0.25) is 4.79 Å². The number of ketones is 1. The molecule has 1 nitrogen and oxygen atoms in total. The average molecular weight is 293 g/mol. The predicted molar refractivity (Wildman–Crippen MR) is 72.2 cm³/mol. The van der Waals surface area contributed by atoms with Crippen molar-refractivity contribution in [1.82, 2.24) is 0 Å². The van der Waals surface area contributed by atoms with Crippen LogP contribution >= 0.6 is 15.9 Å². The summed E-state index contributed by atoms with van der Waals surface area (Å²) in [6, 6.07) is 6.38. The summed E-state index contributed by atoms with van der Waals surface area (Å²) in [6.07, 6.45) is 7.47. The van der Waals surface area contributed by atoms with Gasteiger partial charge in [-0.15, -0.1) is 0 Å². The van der Waals surface area contributed by atoms with E-state index >= 15 is 0 Å². The van der Waals surface area contributed by atoms with Gasteiger partial charge in [0, 0.05) is 10.9 Å². The van der Waals surface area contributed by atoms with E-state index in [9.17, 15) is 4.79 Å². The highest BCUT2D eigenvalue weighted by Gasteiger charge is 2.44. The van der Waals surface area contributed by atoms with Gasteiger partial charge in [-0.05, 0) is 36.5 Å². The molecule has 0 bridgehead atoms. The summed E-state index contributed by atoms with van der Waals surface area (Å²) in [5.41, 5.74) is 2.56. The Bertz CT molecular complexity index is 458. The van der Waals surface area contributed by atoms with Gasteiger partial charge >= 0.3 is 0 Å². The Morgan fingerprint density at radius 3 is 2.59 bits per heavy atom. The minimum absolute atomic E-state index is 0.147. The smallest absolute Gasteiger partial charge is 0.143 e. The van der Waals surface area contributed by atoms with Crippen LogP contribution in [0.1, 0.15) is 49.7 Å². The second-order valence-electron chi connectivity index (χ2n) is 5.34. The zero-order valence-corrected chi connectivity index (χ0v) is 11.6. The van der Waals surface area contributed by atoms with Crippen LogP contribution in [0.25, 0.3) is 0 Å². The van der Waals surface area contributed by atoms with E-state index in [0.29, 0.717) is 5.78 Å². The topological polar surface area (TPSA) is 17.1 Å². The fraction of sp³-hybridized carbons (Fsp3) is 0.533. The lowest BCUT2D eigenvalue weighted by atomic mass is 9.62. The molecule has 2 aliphatic rings. The minimum Gasteiger partial charge on any atom is -0.299 e. The Morgan fingerprint density at radius 2 is 1.82 bits per heavy atom. The van der Waals surface area contributed by atoms with Gasteiger partial charge in [0.1, 0.15) is 5.78 Å². The normalized spacial score (nSPS) is 22.5. The molecule has 1 aromatic rings. The molecule has 17 heavy (non-hydrogen) atoms. The molecule has 0 aromatic heterocycles. The number of rotatable bonds is 0. The van der Waals surface area contributed by atoms with Crippen molar-refractivity contribution in [2.75, 3.05) is 0 Å². The van der Waals surface area contributed by atoms with Crippen molar-refractivity contribution in [2.45, 2.75) is 50.4 Å². The average Bonchev–Trinajstić information content (AvgIpc) is 2.35. The number of hydrogen-bond acceptors (Lipinski definition) is 1. The van der Waals surface area contributed by atoms with Crippen LogP contribution in [-0.4, -0.2) is 5.78 Å². The lowest BCUT2D eigenvalue weighted by Gasteiger charge is -2.41. The van der Waals surface area contributed by atoms with Crippen molar-refractivity contribution in [1.29, 1.82) is 0 Å². The molecule has 90 valence electrons. The number of benzene rings is 1. The Hall–Kier alpha value is -0.630. The summed E-state index contributed by atoms with van der Waals surface area (Å²) >= 11 is 3.67. The van der Waals surface area contributed by atoms with Gasteiger partial charge in [-0.2, -0.15) is 0 Å².